The van der Waals surface area contributed by atoms with Crippen LogP contribution in [0.15, 0.2) is 35.5 Å². The van der Waals surface area contributed by atoms with Gasteiger partial charge in [-0.3, -0.25) is 0 Å². The van der Waals surface area contributed by atoms with Crippen molar-refractivity contribution in [3.8, 4) is 5.75 Å². The van der Waals surface area contributed by atoms with Crippen LogP contribution in [-0.2, 0) is 14.3 Å². The van der Waals surface area contributed by atoms with Crippen molar-refractivity contribution in [2.24, 2.45) is 0 Å². The summed E-state index contributed by atoms with van der Waals surface area (Å²) in [5.74, 6) is 0.00578. The van der Waals surface area contributed by atoms with Crippen molar-refractivity contribution in [1.82, 2.24) is 20.2 Å². The fraction of sp³-hybridized carbons (Fsp3) is 0.333. The van der Waals surface area contributed by atoms with Crippen molar-refractivity contribution in [2.75, 3.05) is 25.6 Å². The van der Waals surface area contributed by atoms with Gasteiger partial charge in [-0.1, -0.05) is 17.2 Å². The number of ether oxygens (including phenoxy) is 2. The van der Waals surface area contributed by atoms with Gasteiger partial charge in [-0.2, -0.15) is 4.68 Å². The summed E-state index contributed by atoms with van der Waals surface area (Å²) >= 11 is 0. The molecule has 1 aromatic carbocycles. The molecule has 0 bridgehead atoms. The van der Waals surface area contributed by atoms with Gasteiger partial charge in [0.25, 0.3) is 0 Å². The molecular weight excluding hydrogens is 314 g/mol. The molecule has 2 aromatic rings. The normalized spacial score (nSPS) is 16.5. The molecule has 1 aliphatic rings. The molecular formula is C15H17N5O4. The highest BCUT2D eigenvalue weighted by Gasteiger charge is 2.35. The monoisotopic (exact) mass is 331 g/mol. The minimum Gasteiger partial charge on any atom is -0.508 e. The molecule has 9 nitrogen and oxygen atoms in total. The minimum absolute atomic E-state index is 0.0883. The van der Waals surface area contributed by atoms with E-state index in [0.717, 1.165) is 0 Å². The quantitative estimate of drug-likeness (QED) is 0.613. The summed E-state index contributed by atoms with van der Waals surface area (Å²) in [5.41, 5.74) is 1.63. The molecule has 0 fully saturated rings. The smallest absolute Gasteiger partial charge is 0.338 e. The van der Waals surface area contributed by atoms with Crippen LogP contribution < -0.4 is 5.32 Å². The van der Waals surface area contributed by atoms with Crippen molar-refractivity contribution in [2.45, 2.75) is 13.0 Å². The van der Waals surface area contributed by atoms with E-state index in [1.54, 1.807) is 31.2 Å². The van der Waals surface area contributed by atoms with Gasteiger partial charge >= 0.3 is 5.97 Å². The van der Waals surface area contributed by atoms with Crippen LogP contribution in [0.2, 0.25) is 0 Å². The van der Waals surface area contributed by atoms with Gasteiger partial charge in [0, 0.05) is 12.8 Å². The maximum Gasteiger partial charge on any atom is 0.338 e. The fourth-order valence-corrected chi connectivity index (χ4v) is 2.58. The molecule has 1 aromatic heterocycles. The number of esters is 1. The Morgan fingerprint density at radius 2 is 2.25 bits per heavy atom. The van der Waals surface area contributed by atoms with Crippen LogP contribution in [0, 0.1) is 0 Å². The van der Waals surface area contributed by atoms with Crippen molar-refractivity contribution in [1.29, 1.82) is 0 Å². The predicted octanol–water partition coefficient (Wildman–Crippen LogP) is 0.857. The first-order chi connectivity index (χ1) is 11.6. The molecule has 9 heteroatoms. The summed E-state index contributed by atoms with van der Waals surface area (Å²) in [6, 6.07) is 6.00. The summed E-state index contributed by atoms with van der Waals surface area (Å²) in [4.78, 5) is 12.6. The minimum atomic E-state index is -0.599. The van der Waals surface area contributed by atoms with Crippen LogP contribution in [0.25, 0.3) is 0 Å². The molecule has 0 amide bonds. The third kappa shape index (κ3) is 2.93. The second-order valence-electron chi connectivity index (χ2n) is 5.24. The molecule has 0 radical (unpaired) electrons. The summed E-state index contributed by atoms with van der Waals surface area (Å²) in [7, 11) is 1.53. The second kappa shape index (κ2) is 6.67. The van der Waals surface area contributed by atoms with Crippen molar-refractivity contribution < 1.29 is 19.4 Å². The Labute approximate surface area is 137 Å². The number of aromatic nitrogens is 4. The number of methoxy groups -OCH3 is 1. The van der Waals surface area contributed by atoms with E-state index in [1.807, 2.05) is 0 Å². The van der Waals surface area contributed by atoms with Gasteiger partial charge in [0.2, 0.25) is 5.95 Å². The number of hydrogen-bond acceptors (Lipinski definition) is 8. The third-order valence-corrected chi connectivity index (χ3v) is 3.64. The Morgan fingerprint density at radius 1 is 1.42 bits per heavy atom. The van der Waals surface area contributed by atoms with Gasteiger partial charge in [0.15, 0.2) is 0 Å². The molecule has 0 spiro atoms. The van der Waals surface area contributed by atoms with Gasteiger partial charge < -0.3 is 19.9 Å². The van der Waals surface area contributed by atoms with E-state index in [-0.39, 0.29) is 12.4 Å². The number of tetrazole rings is 1. The lowest BCUT2D eigenvalue weighted by molar-refractivity contribution is -0.140. The van der Waals surface area contributed by atoms with Gasteiger partial charge in [-0.05, 0) is 35.0 Å². The van der Waals surface area contributed by atoms with Crippen LogP contribution in [0.4, 0.5) is 5.95 Å². The van der Waals surface area contributed by atoms with Crippen LogP contribution in [0.3, 0.4) is 0 Å². The molecule has 0 saturated carbocycles. The van der Waals surface area contributed by atoms with Gasteiger partial charge in [-0.25, -0.2) is 4.79 Å². The Kier molecular flexibility index (Phi) is 4.43. The first-order valence-electron chi connectivity index (χ1n) is 7.32. The highest BCUT2D eigenvalue weighted by atomic mass is 16.6. The first-order valence-corrected chi connectivity index (χ1v) is 7.32. The lowest BCUT2D eigenvalue weighted by atomic mass is 9.95. The van der Waals surface area contributed by atoms with E-state index in [9.17, 15) is 9.90 Å². The first kappa shape index (κ1) is 15.9. The van der Waals surface area contributed by atoms with Crippen LogP contribution in [-0.4, -0.2) is 51.6 Å². The van der Waals surface area contributed by atoms with Crippen LogP contribution in [0.1, 0.15) is 18.5 Å². The largest absolute Gasteiger partial charge is 0.508 e. The average molecular weight is 331 g/mol. The Balaban J connectivity index is 2.02. The highest BCUT2D eigenvalue weighted by Crippen LogP contribution is 2.35. The number of phenolic OH excluding ortho intramolecular Hbond substituents is 1. The zero-order valence-electron chi connectivity index (χ0n) is 13.3. The van der Waals surface area contributed by atoms with E-state index in [0.29, 0.717) is 29.4 Å². The van der Waals surface area contributed by atoms with E-state index >= 15 is 0 Å². The summed E-state index contributed by atoms with van der Waals surface area (Å²) in [5, 5.41) is 24.3. The number of allylic oxidation sites excluding steroid dienone is 1. The molecule has 126 valence electrons. The molecule has 0 aliphatic carbocycles. The fourth-order valence-electron chi connectivity index (χ4n) is 2.58. The molecule has 2 heterocycles. The number of rotatable bonds is 5. The number of hydrogen-bond donors (Lipinski definition) is 2. The zero-order chi connectivity index (χ0) is 17.1. The molecule has 0 saturated heterocycles. The predicted molar refractivity (Wildman–Crippen MR) is 83.2 cm³/mol. The van der Waals surface area contributed by atoms with Crippen molar-refractivity contribution in [3.05, 3.63) is 41.1 Å². The average Bonchev–Trinajstić information content (AvgIpc) is 3.01. The Hall–Kier alpha value is -2.94. The molecule has 0 unspecified atom stereocenters. The molecule has 1 atom stereocenters. The maximum atomic E-state index is 12.6. The number of anilines is 1. The van der Waals surface area contributed by atoms with Gasteiger partial charge in [0.05, 0.1) is 12.2 Å². The maximum absolute atomic E-state index is 12.6. The number of benzene rings is 1. The van der Waals surface area contributed by atoms with E-state index < -0.39 is 12.0 Å². The van der Waals surface area contributed by atoms with E-state index in [4.69, 9.17) is 9.47 Å². The van der Waals surface area contributed by atoms with Gasteiger partial charge in [0.1, 0.15) is 18.4 Å². The topological polar surface area (TPSA) is 111 Å². The standard InChI is InChI=1S/C15H17N5O4/c1-9-12(14(22)24-7-6-23-2)13(10-4-3-5-11(21)8-10)20-15(16-9)17-18-19-20/h3-5,8,13,21H,6-7H2,1-2H3,(H,16,17,19)/t13-/m0/s1. The van der Waals surface area contributed by atoms with E-state index in [1.165, 1.54) is 11.8 Å². The number of phenols is 1. The molecule has 3 rings (SSSR count). The lowest BCUT2D eigenvalue weighted by Crippen LogP contribution is -2.30. The molecule has 1 aliphatic heterocycles. The highest BCUT2D eigenvalue weighted by molar-refractivity contribution is 5.92. The summed E-state index contributed by atoms with van der Waals surface area (Å²) in [6.07, 6.45) is 0. The summed E-state index contributed by atoms with van der Waals surface area (Å²) < 4.78 is 11.6. The zero-order valence-corrected chi connectivity index (χ0v) is 13.3. The Morgan fingerprint density at radius 3 is 3.00 bits per heavy atom. The number of fused-ring (bicyclic) bond motifs is 1. The molecule has 2 N–H and O–H groups in total. The van der Waals surface area contributed by atoms with E-state index in [2.05, 4.69) is 20.8 Å². The summed E-state index contributed by atoms with van der Waals surface area (Å²) in [6.45, 7) is 2.20. The number of aromatic hydroxyl groups is 1. The van der Waals surface area contributed by atoms with Crippen LogP contribution >= 0.6 is 0 Å². The van der Waals surface area contributed by atoms with Crippen molar-refractivity contribution >= 4 is 11.9 Å². The number of carbonyl (C=O) groups is 1. The molecule has 24 heavy (non-hydrogen) atoms. The lowest BCUT2D eigenvalue weighted by Gasteiger charge is -2.27. The van der Waals surface area contributed by atoms with Gasteiger partial charge in [-0.15, -0.1) is 0 Å². The SMILES string of the molecule is COCCOC(=O)C1=C(C)Nc2nnnn2[C@H]1c1cccc(O)c1. The third-order valence-electron chi connectivity index (χ3n) is 3.64. The Bertz CT molecular complexity index is 786. The number of nitrogens with zero attached hydrogens (tertiary/aromatic N) is 4. The second-order valence-corrected chi connectivity index (χ2v) is 5.24. The number of carbonyl (C=O) groups excluding carboxylic acids is 1. The van der Waals surface area contributed by atoms with Crippen LogP contribution in [0.5, 0.6) is 5.75 Å². The number of nitrogens with one attached hydrogen (secondary N) is 1. The van der Waals surface area contributed by atoms with Crippen molar-refractivity contribution in [3.63, 3.8) is 0 Å².